The third kappa shape index (κ3) is 5.73. The number of carbonyl (C=O) groups is 2. The summed E-state index contributed by atoms with van der Waals surface area (Å²) in [6.45, 7) is 2.68. The summed E-state index contributed by atoms with van der Waals surface area (Å²) >= 11 is 11.9. The van der Waals surface area contributed by atoms with Gasteiger partial charge in [-0.05, 0) is 36.8 Å². The Hall–Kier alpha value is -2.11. The third-order valence-electron chi connectivity index (χ3n) is 3.46. The Morgan fingerprint density at radius 2 is 1.76 bits per heavy atom. The first-order valence-corrected chi connectivity index (χ1v) is 8.78. The van der Waals surface area contributed by atoms with Crippen LogP contribution in [0.15, 0.2) is 36.4 Å². The average molecular weight is 380 g/mol. The second-order valence-corrected chi connectivity index (χ2v) is 6.29. The summed E-state index contributed by atoms with van der Waals surface area (Å²) in [5.41, 5.74) is 0.703. The van der Waals surface area contributed by atoms with E-state index in [9.17, 15) is 9.59 Å². The van der Waals surface area contributed by atoms with E-state index in [2.05, 4.69) is 22.5 Å². The lowest BCUT2D eigenvalue weighted by atomic mass is 10.2. The quantitative estimate of drug-likeness (QED) is 0.692. The Kier molecular flexibility index (Phi) is 7.22. The van der Waals surface area contributed by atoms with E-state index in [4.69, 9.17) is 23.2 Å². The van der Waals surface area contributed by atoms with Crippen molar-refractivity contribution in [2.75, 3.05) is 11.9 Å². The van der Waals surface area contributed by atoms with Crippen molar-refractivity contribution in [1.29, 1.82) is 0 Å². The molecular formula is C18H19Cl2N3O2. The summed E-state index contributed by atoms with van der Waals surface area (Å²) in [7, 11) is 0. The second-order valence-electron chi connectivity index (χ2n) is 5.45. The Labute approximate surface area is 156 Å². The number of hydrogen-bond acceptors (Lipinski definition) is 3. The first kappa shape index (κ1) is 19.2. The van der Waals surface area contributed by atoms with Crippen LogP contribution in [0.2, 0.25) is 10.0 Å². The summed E-state index contributed by atoms with van der Waals surface area (Å²) in [5, 5.41) is 6.25. The van der Waals surface area contributed by atoms with Crippen LogP contribution >= 0.6 is 23.2 Å². The Balaban J connectivity index is 2.05. The molecule has 0 fully saturated rings. The van der Waals surface area contributed by atoms with Crippen LogP contribution < -0.4 is 10.6 Å². The van der Waals surface area contributed by atoms with Crippen molar-refractivity contribution in [2.24, 2.45) is 0 Å². The number of aromatic nitrogens is 1. The van der Waals surface area contributed by atoms with Gasteiger partial charge >= 0.3 is 0 Å². The number of unbranched alkanes of at least 4 members (excludes halogenated alkanes) is 2. The van der Waals surface area contributed by atoms with E-state index >= 15 is 0 Å². The van der Waals surface area contributed by atoms with Gasteiger partial charge in [0.05, 0.1) is 10.7 Å². The lowest BCUT2D eigenvalue weighted by Crippen LogP contribution is -2.26. The monoisotopic (exact) mass is 379 g/mol. The van der Waals surface area contributed by atoms with Gasteiger partial charge in [0.2, 0.25) is 0 Å². The largest absolute Gasteiger partial charge is 0.351 e. The highest BCUT2D eigenvalue weighted by Crippen LogP contribution is 2.25. The molecule has 5 nitrogen and oxygen atoms in total. The topological polar surface area (TPSA) is 71.1 Å². The summed E-state index contributed by atoms with van der Waals surface area (Å²) in [6.07, 6.45) is 3.04. The number of halogens is 2. The van der Waals surface area contributed by atoms with E-state index < -0.39 is 5.91 Å². The van der Waals surface area contributed by atoms with E-state index in [1.165, 1.54) is 6.07 Å². The molecule has 1 aromatic carbocycles. The van der Waals surface area contributed by atoms with E-state index in [1.54, 1.807) is 30.3 Å². The summed E-state index contributed by atoms with van der Waals surface area (Å²) in [5.74, 6) is -0.767. The molecule has 25 heavy (non-hydrogen) atoms. The molecule has 0 radical (unpaired) electrons. The van der Waals surface area contributed by atoms with Crippen molar-refractivity contribution in [3.05, 3.63) is 57.8 Å². The van der Waals surface area contributed by atoms with Crippen LogP contribution in [-0.4, -0.2) is 23.3 Å². The molecule has 7 heteroatoms. The van der Waals surface area contributed by atoms with Crippen LogP contribution in [0.1, 0.15) is 47.2 Å². The minimum Gasteiger partial charge on any atom is -0.351 e. The smallest absolute Gasteiger partial charge is 0.274 e. The number of amides is 2. The van der Waals surface area contributed by atoms with Gasteiger partial charge in [0, 0.05) is 11.6 Å². The molecule has 2 N–H and O–H groups in total. The number of nitrogens with zero attached hydrogens (tertiary/aromatic N) is 1. The number of anilines is 1. The van der Waals surface area contributed by atoms with Crippen LogP contribution in [-0.2, 0) is 0 Å². The normalized spacial score (nSPS) is 10.4. The molecule has 0 aliphatic rings. The minimum atomic E-state index is -0.468. The fourth-order valence-corrected chi connectivity index (χ4v) is 2.47. The Morgan fingerprint density at radius 3 is 2.48 bits per heavy atom. The zero-order chi connectivity index (χ0) is 18.2. The van der Waals surface area contributed by atoms with Crippen LogP contribution in [0.3, 0.4) is 0 Å². The van der Waals surface area contributed by atoms with Gasteiger partial charge in [-0.25, -0.2) is 4.98 Å². The zero-order valence-electron chi connectivity index (χ0n) is 13.8. The number of rotatable bonds is 7. The maximum Gasteiger partial charge on any atom is 0.274 e. The molecule has 0 unspecified atom stereocenters. The molecule has 0 aliphatic carbocycles. The molecule has 0 saturated heterocycles. The van der Waals surface area contributed by atoms with Crippen LogP contribution in [0.5, 0.6) is 0 Å². The molecule has 0 saturated carbocycles. The van der Waals surface area contributed by atoms with Crippen molar-refractivity contribution in [3.63, 3.8) is 0 Å². The van der Waals surface area contributed by atoms with Gasteiger partial charge in [-0.15, -0.1) is 0 Å². The van der Waals surface area contributed by atoms with Gasteiger partial charge in [0.25, 0.3) is 11.8 Å². The van der Waals surface area contributed by atoms with Crippen molar-refractivity contribution < 1.29 is 9.59 Å². The van der Waals surface area contributed by atoms with Gasteiger partial charge in [-0.3, -0.25) is 9.59 Å². The molecule has 0 aliphatic heterocycles. The maximum absolute atomic E-state index is 12.3. The summed E-state index contributed by atoms with van der Waals surface area (Å²) in [4.78, 5) is 28.6. The van der Waals surface area contributed by atoms with Crippen molar-refractivity contribution in [3.8, 4) is 0 Å². The second kappa shape index (κ2) is 9.39. The Morgan fingerprint density at radius 1 is 1.04 bits per heavy atom. The molecule has 132 valence electrons. The molecule has 0 bridgehead atoms. The number of hydrogen-bond donors (Lipinski definition) is 2. The predicted molar refractivity (Wildman–Crippen MR) is 101 cm³/mol. The molecule has 0 atom stereocenters. The highest BCUT2D eigenvalue weighted by molar-refractivity contribution is 6.35. The van der Waals surface area contributed by atoms with Crippen LogP contribution in [0.25, 0.3) is 0 Å². The lowest BCUT2D eigenvalue weighted by molar-refractivity contribution is 0.0948. The SMILES string of the molecule is CCCCCNC(=O)c1cccc(C(=O)Nc2cc(Cl)ccc2Cl)n1. The van der Waals surface area contributed by atoms with Gasteiger partial charge < -0.3 is 10.6 Å². The highest BCUT2D eigenvalue weighted by Gasteiger charge is 2.13. The molecule has 2 amide bonds. The van der Waals surface area contributed by atoms with Gasteiger partial charge in [-0.1, -0.05) is 49.0 Å². The van der Waals surface area contributed by atoms with Gasteiger partial charge in [-0.2, -0.15) is 0 Å². The maximum atomic E-state index is 12.3. The number of nitrogens with one attached hydrogen (secondary N) is 2. The number of carbonyl (C=O) groups excluding carboxylic acids is 2. The molecule has 0 spiro atoms. The highest BCUT2D eigenvalue weighted by atomic mass is 35.5. The summed E-state index contributed by atoms with van der Waals surface area (Å²) < 4.78 is 0. The lowest BCUT2D eigenvalue weighted by Gasteiger charge is -2.08. The van der Waals surface area contributed by atoms with Crippen molar-refractivity contribution in [1.82, 2.24) is 10.3 Å². The number of benzene rings is 1. The minimum absolute atomic E-state index is 0.122. The average Bonchev–Trinajstić information content (AvgIpc) is 2.61. The van der Waals surface area contributed by atoms with E-state index in [-0.39, 0.29) is 17.3 Å². The van der Waals surface area contributed by atoms with Gasteiger partial charge in [0.15, 0.2) is 0 Å². The zero-order valence-corrected chi connectivity index (χ0v) is 15.3. The van der Waals surface area contributed by atoms with E-state index in [0.717, 1.165) is 19.3 Å². The summed E-state index contributed by atoms with van der Waals surface area (Å²) in [6, 6.07) is 9.48. The fourth-order valence-electron chi connectivity index (χ4n) is 2.13. The predicted octanol–water partition coefficient (Wildman–Crippen LogP) is 4.56. The fraction of sp³-hybridized carbons (Fsp3) is 0.278. The molecule has 2 rings (SSSR count). The third-order valence-corrected chi connectivity index (χ3v) is 4.02. The van der Waals surface area contributed by atoms with Crippen molar-refractivity contribution in [2.45, 2.75) is 26.2 Å². The van der Waals surface area contributed by atoms with Gasteiger partial charge in [0.1, 0.15) is 11.4 Å². The van der Waals surface area contributed by atoms with E-state index in [0.29, 0.717) is 22.3 Å². The molecular weight excluding hydrogens is 361 g/mol. The van der Waals surface area contributed by atoms with Crippen LogP contribution in [0, 0.1) is 0 Å². The first-order chi connectivity index (χ1) is 12.0. The van der Waals surface area contributed by atoms with Crippen LogP contribution in [0.4, 0.5) is 5.69 Å². The molecule has 2 aromatic rings. The number of pyridine rings is 1. The molecule has 1 heterocycles. The van der Waals surface area contributed by atoms with E-state index in [1.807, 2.05) is 0 Å². The molecule has 1 aromatic heterocycles. The first-order valence-electron chi connectivity index (χ1n) is 8.03. The Bertz CT molecular complexity index is 766. The van der Waals surface area contributed by atoms with Crippen molar-refractivity contribution >= 4 is 40.7 Å². The standard InChI is InChI=1S/C18H19Cl2N3O2/c1-2-3-4-10-21-17(24)14-6-5-7-15(22-14)18(25)23-16-11-12(19)8-9-13(16)20/h5-9,11H,2-4,10H2,1H3,(H,21,24)(H,23,25).